The number of carbonyl (C=O) groups excluding carboxylic acids is 3. The van der Waals surface area contributed by atoms with Gasteiger partial charge in [-0.05, 0) is 43.4 Å². The summed E-state index contributed by atoms with van der Waals surface area (Å²) < 4.78 is 4.63. The molecule has 1 aromatic rings. The van der Waals surface area contributed by atoms with Crippen molar-refractivity contribution < 1.29 is 24.2 Å². The minimum absolute atomic E-state index is 0.0241. The van der Waals surface area contributed by atoms with Gasteiger partial charge in [-0.25, -0.2) is 0 Å². The zero-order valence-electron chi connectivity index (χ0n) is 21.9. The number of thioether (sulfide) groups is 1. The number of nitrogens with zero attached hydrogens (tertiary/aromatic N) is 2. The Bertz CT molecular complexity index is 1160. The highest BCUT2D eigenvalue weighted by Gasteiger charge is 2.72. The minimum atomic E-state index is -0.926. The molecule has 4 heterocycles. The van der Waals surface area contributed by atoms with E-state index in [1.54, 1.807) is 9.80 Å². The maximum absolute atomic E-state index is 14.6. The van der Waals surface area contributed by atoms with Gasteiger partial charge >= 0.3 is 5.97 Å². The van der Waals surface area contributed by atoms with Crippen LogP contribution in [0.25, 0.3) is 0 Å². The number of aryl methyl sites for hydroxylation is 2. The van der Waals surface area contributed by atoms with Crippen LogP contribution in [0.4, 0.5) is 5.69 Å². The van der Waals surface area contributed by atoms with Gasteiger partial charge in [0.1, 0.15) is 6.04 Å². The van der Waals surface area contributed by atoms with Crippen molar-refractivity contribution in [2.75, 3.05) is 24.7 Å². The Labute approximate surface area is 222 Å². The summed E-state index contributed by atoms with van der Waals surface area (Å²) in [6.07, 6.45) is 9.38. The number of ether oxygens (including phenoxy) is 1. The molecule has 4 aliphatic heterocycles. The van der Waals surface area contributed by atoms with Crippen molar-refractivity contribution in [2.24, 2.45) is 17.8 Å². The van der Waals surface area contributed by atoms with Crippen molar-refractivity contribution in [3.63, 3.8) is 0 Å². The normalized spacial score (nSPS) is 32.7. The lowest BCUT2D eigenvalue weighted by molar-refractivity contribution is -0.153. The predicted molar refractivity (Wildman–Crippen MR) is 144 cm³/mol. The first-order valence-corrected chi connectivity index (χ1v) is 14.1. The number of benzene rings is 1. The van der Waals surface area contributed by atoms with E-state index in [2.05, 4.69) is 0 Å². The molecule has 0 bridgehead atoms. The molecule has 2 saturated heterocycles. The molecule has 0 aromatic heterocycles. The van der Waals surface area contributed by atoms with E-state index in [0.717, 1.165) is 23.2 Å². The van der Waals surface area contributed by atoms with Gasteiger partial charge in [-0.1, -0.05) is 56.7 Å². The molecule has 5 rings (SSSR count). The van der Waals surface area contributed by atoms with E-state index in [4.69, 9.17) is 4.74 Å². The molecule has 1 unspecified atom stereocenters. The van der Waals surface area contributed by atoms with E-state index in [1.165, 1.54) is 11.8 Å². The standard InChI is InChI=1S/C29H36N2O5S/c1-5-18(3)21(16-32)31-25-27(34)30(20-15-17(2)10-11-19(20)4)13-8-12-29(25)24(26(31)33)23-22(37-29)9-6-7-14-36-28(23)35/h6,8-12,15,18,21-25,32H,5,7,13-14,16H2,1-4H3/t18-,21-,22+,23-,24-,25?,29-/m0/s1. The molecule has 1 spiro atoms. The van der Waals surface area contributed by atoms with Gasteiger partial charge in [0.25, 0.3) is 5.91 Å². The van der Waals surface area contributed by atoms with Gasteiger partial charge in [0, 0.05) is 17.5 Å². The van der Waals surface area contributed by atoms with Crippen molar-refractivity contribution in [2.45, 2.75) is 62.6 Å². The Kier molecular flexibility index (Phi) is 7.00. The van der Waals surface area contributed by atoms with E-state index in [9.17, 15) is 19.5 Å². The molecule has 2 fully saturated rings. The Hall–Kier alpha value is -2.58. The van der Waals surface area contributed by atoms with Crippen LogP contribution in [0.1, 0.15) is 37.8 Å². The summed E-state index contributed by atoms with van der Waals surface area (Å²) >= 11 is 1.53. The fraction of sp³-hybridized carbons (Fsp3) is 0.552. The number of esters is 1. The van der Waals surface area contributed by atoms with Crippen LogP contribution in [-0.2, 0) is 19.1 Å². The number of rotatable bonds is 5. The van der Waals surface area contributed by atoms with Crippen LogP contribution in [0.15, 0.2) is 42.5 Å². The van der Waals surface area contributed by atoms with Crippen LogP contribution in [0, 0.1) is 31.6 Å². The Morgan fingerprint density at radius 3 is 2.70 bits per heavy atom. The summed E-state index contributed by atoms with van der Waals surface area (Å²) in [6.45, 7) is 8.40. The average Bonchev–Trinajstić information content (AvgIpc) is 3.25. The van der Waals surface area contributed by atoms with Crippen molar-refractivity contribution in [1.82, 2.24) is 4.90 Å². The first-order chi connectivity index (χ1) is 17.7. The third kappa shape index (κ3) is 4.04. The molecule has 198 valence electrons. The lowest BCUT2D eigenvalue weighted by Crippen LogP contribution is -2.58. The average molecular weight is 525 g/mol. The molecule has 37 heavy (non-hydrogen) atoms. The number of cyclic esters (lactones) is 1. The summed E-state index contributed by atoms with van der Waals surface area (Å²) in [5.74, 6) is -2.23. The number of hydrogen-bond donors (Lipinski definition) is 1. The smallest absolute Gasteiger partial charge is 0.311 e. The molecular weight excluding hydrogens is 488 g/mol. The molecular formula is C29H36N2O5S. The number of aliphatic hydroxyl groups is 1. The van der Waals surface area contributed by atoms with E-state index in [1.807, 2.05) is 70.2 Å². The minimum Gasteiger partial charge on any atom is -0.465 e. The van der Waals surface area contributed by atoms with E-state index in [0.29, 0.717) is 13.0 Å². The first-order valence-electron chi connectivity index (χ1n) is 13.3. The third-order valence-electron chi connectivity index (χ3n) is 8.56. The summed E-state index contributed by atoms with van der Waals surface area (Å²) in [5, 5.41) is 10.2. The molecule has 0 radical (unpaired) electrons. The highest BCUT2D eigenvalue weighted by Crippen LogP contribution is 2.61. The molecule has 0 saturated carbocycles. The molecule has 8 heteroatoms. The van der Waals surface area contributed by atoms with Gasteiger partial charge in [-0.3, -0.25) is 14.4 Å². The topological polar surface area (TPSA) is 87.2 Å². The second-order valence-electron chi connectivity index (χ2n) is 10.7. The van der Waals surface area contributed by atoms with Crippen molar-refractivity contribution in [1.29, 1.82) is 0 Å². The number of likely N-dealkylation sites (tertiary alicyclic amines) is 1. The van der Waals surface area contributed by atoms with Crippen LogP contribution < -0.4 is 4.90 Å². The van der Waals surface area contributed by atoms with Gasteiger partial charge in [0.2, 0.25) is 5.91 Å². The highest BCUT2D eigenvalue weighted by atomic mass is 32.2. The zero-order valence-corrected chi connectivity index (χ0v) is 22.7. The largest absolute Gasteiger partial charge is 0.465 e. The van der Waals surface area contributed by atoms with E-state index in [-0.39, 0.29) is 42.2 Å². The molecule has 2 amide bonds. The molecule has 1 aromatic carbocycles. The van der Waals surface area contributed by atoms with Gasteiger partial charge in [-0.2, -0.15) is 0 Å². The number of hydrogen-bond acceptors (Lipinski definition) is 6. The van der Waals surface area contributed by atoms with Gasteiger partial charge in [0.05, 0.1) is 35.8 Å². The van der Waals surface area contributed by atoms with E-state index < -0.39 is 28.7 Å². The van der Waals surface area contributed by atoms with Crippen LogP contribution in [-0.4, -0.2) is 69.6 Å². The number of amides is 2. The summed E-state index contributed by atoms with van der Waals surface area (Å²) in [4.78, 5) is 45.6. The second kappa shape index (κ2) is 9.95. The van der Waals surface area contributed by atoms with Gasteiger partial charge < -0.3 is 19.6 Å². The number of fused-ring (bicyclic) bond motifs is 2. The Balaban J connectivity index is 1.68. The SMILES string of the molecule is CC[C@H](C)[C@H](CO)N1C(=O)[C@@H]2[C@H]3C(=O)OCCC=C[C@H]3S[C@@]23C=CCN(c2cc(C)ccc2C)C(=O)C13. The monoisotopic (exact) mass is 524 g/mol. The fourth-order valence-electron chi connectivity index (χ4n) is 6.44. The van der Waals surface area contributed by atoms with Crippen LogP contribution in [0.3, 0.4) is 0 Å². The molecule has 0 aliphatic carbocycles. The second-order valence-corrected chi connectivity index (χ2v) is 12.2. The van der Waals surface area contributed by atoms with Crippen molar-refractivity contribution in [3.8, 4) is 0 Å². The number of aliphatic hydroxyl groups excluding tert-OH is 1. The third-order valence-corrected chi connectivity index (χ3v) is 10.3. The molecule has 7 nitrogen and oxygen atoms in total. The summed E-state index contributed by atoms with van der Waals surface area (Å²) in [7, 11) is 0. The zero-order chi connectivity index (χ0) is 26.5. The number of anilines is 1. The molecule has 7 atom stereocenters. The molecule has 4 aliphatic rings. The van der Waals surface area contributed by atoms with Crippen molar-refractivity contribution in [3.05, 3.63) is 53.6 Å². The maximum atomic E-state index is 14.6. The Morgan fingerprint density at radius 2 is 1.97 bits per heavy atom. The van der Waals surface area contributed by atoms with Crippen LogP contribution in [0.2, 0.25) is 0 Å². The quantitative estimate of drug-likeness (QED) is 0.469. The molecule has 1 N–H and O–H groups in total. The maximum Gasteiger partial charge on any atom is 0.311 e. The summed E-state index contributed by atoms with van der Waals surface area (Å²) in [5.41, 5.74) is 2.84. The van der Waals surface area contributed by atoms with Crippen LogP contribution >= 0.6 is 11.8 Å². The summed E-state index contributed by atoms with van der Waals surface area (Å²) in [6, 6.07) is 4.66. The Morgan fingerprint density at radius 1 is 1.19 bits per heavy atom. The lowest BCUT2D eigenvalue weighted by Gasteiger charge is -2.40. The highest BCUT2D eigenvalue weighted by molar-refractivity contribution is 8.02. The van der Waals surface area contributed by atoms with Crippen LogP contribution in [0.5, 0.6) is 0 Å². The van der Waals surface area contributed by atoms with Gasteiger partial charge in [0.15, 0.2) is 0 Å². The fourth-order valence-corrected chi connectivity index (χ4v) is 8.43. The first kappa shape index (κ1) is 26.0. The lowest BCUT2D eigenvalue weighted by atomic mass is 9.78. The predicted octanol–water partition coefficient (Wildman–Crippen LogP) is 3.41. The van der Waals surface area contributed by atoms with E-state index >= 15 is 0 Å². The van der Waals surface area contributed by atoms with Crippen molar-refractivity contribution >= 4 is 35.2 Å². The number of carbonyl (C=O) groups is 3. The van der Waals surface area contributed by atoms with Gasteiger partial charge in [-0.15, -0.1) is 11.8 Å².